The van der Waals surface area contributed by atoms with Gasteiger partial charge in [-0.2, -0.15) is 0 Å². The summed E-state index contributed by atoms with van der Waals surface area (Å²) >= 11 is 1.57. The first kappa shape index (κ1) is 15.0. The van der Waals surface area contributed by atoms with Crippen LogP contribution in [-0.2, 0) is 11.2 Å². The predicted octanol–water partition coefficient (Wildman–Crippen LogP) is 3.03. The van der Waals surface area contributed by atoms with E-state index < -0.39 is 5.97 Å². The number of hydrogen-bond donors (Lipinski definition) is 1. The number of carbonyl (C=O) groups excluding carboxylic acids is 1. The molecule has 0 aliphatic carbocycles. The molecule has 1 aliphatic rings. The first-order valence-electron chi connectivity index (χ1n) is 7.20. The van der Waals surface area contributed by atoms with Crippen LogP contribution in [0.1, 0.15) is 47.2 Å². The molecular formula is C15H21NO3S. The number of thiophene rings is 1. The highest BCUT2D eigenvalue weighted by atomic mass is 32.1. The third-order valence-electron chi connectivity index (χ3n) is 3.79. The van der Waals surface area contributed by atoms with E-state index in [1.54, 1.807) is 11.3 Å². The Bertz CT molecular complexity index is 483. The zero-order valence-corrected chi connectivity index (χ0v) is 12.6. The smallest absolute Gasteiger partial charge is 0.303 e. The van der Waals surface area contributed by atoms with E-state index >= 15 is 0 Å². The van der Waals surface area contributed by atoms with Gasteiger partial charge in [0, 0.05) is 24.4 Å². The summed E-state index contributed by atoms with van der Waals surface area (Å²) in [7, 11) is 0. The number of amides is 1. The van der Waals surface area contributed by atoms with Crippen LogP contribution in [-0.4, -0.2) is 35.0 Å². The molecule has 1 atom stereocenters. The van der Waals surface area contributed by atoms with Gasteiger partial charge in [0.05, 0.1) is 4.88 Å². The van der Waals surface area contributed by atoms with Gasteiger partial charge in [0.2, 0.25) is 0 Å². The van der Waals surface area contributed by atoms with Gasteiger partial charge < -0.3 is 10.0 Å². The normalized spacial score (nSPS) is 19.1. The Kier molecular flexibility index (Phi) is 5.17. The second-order valence-corrected chi connectivity index (χ2v) is 6.48. The first-order valence-corrected chi connectivity index (χ1v) is 8.01. The van der Waals surface area contributed by atoms with Crippen molar-refractivity contribution in [2.75, 3.05) is 13.1 Å². The lowest BCUT2D eigenvalue weighted by molar-refractivity contribution is -0.137. The van der Waals surface area contributed by atoms with Gasteiger partial charge in [-0.3, -0.25) is 9.59 Å². The van der Waals surface area contributed by atoms with Crippen molar-refractivity contribution < 1.29 is 14.7 Å². The molecule has 1 N–H and O–H groups in total. The van der Waals surface area contributed by atoms with Crippen LogP contribution in [0.25, 0.3) is 0 Å². The number of piperidine rings is 1. The molecule has 1 fully saturated rings. The molecule has 0 saturated carbocycles. The monoisotopic (exact) mass is 295 g/mol. The average Bonchev–Trinajstić information content (AvgIpc) is 2.93. The number of nitrogens with zero attached hydrogens (tertiary/aromatic N) is 1. The number of likely N-dealkylation sites (tertiary alicyclic amines) is 1. The summed E-state index contributed by atoms with van der Waals surface area (Å²) in [6, 6.07) is 3.93. The van der Waals surface area contributed by atoms with Crippen LogP contribution in [0.3, 0.4) is 0 Å². The molecule has 5 heteroatoms. The molecule has 1 aromatic rings. The maximum atomic E-state index is 12.4. The number of hydrogen-bond acceptors (Lipinski definition) is 3. The summed E-state index contributed by atoms with van der Waals surface area (Å²) < 4.78 is 0. The highest BCUT2D eigenvalue weighted by Gasteiger charge is 2.25. The Morgan fingerprint density at radius 1 is 1.45 bits per heavy atom. The number of carbonyl (C=O) groups is 2. The van der Waals surface area contributed by atoms with Crippen molar-refractivity contribution >= 4 is 23.2 Å². The summed E-state index contributed by atoms with van der Waals surface area (Å²) in [6.45, 7) is 3.58. The zero-order chi connectivity index (χ0) is 14.5. The summed E-state index contributed by atoms with van der Waals surface area (Å²) in [5.41, 5.74) is 0. The minimum atomic E-state index is -0.751. The number of carboxylic acid groups (broad SMARTS) is 1. The largest absolute Gasteiger partial charge is 0.481 e. The summed E-state index contributed by atoms with van der Waals surface area (Å²) in [4.78, 5) is 27.0. The van der Waals surface area contributed by atoms with Crippen molar-refractivity contribution in [1.82, 2.24) is 4.90 Å². The Balaban J connectivity index is 1.94. The maximum Gasteiger partial charge on any atom is 0.303 e. The Hall–Kier alpha value is -1.36. The molecule has 1 saturated heterocycles. The summed E-state index contributed by atoms with van der Waals surface area (Å²) in [5.74, 6) is -0.316. The van der Waals surface area contributed by atoms with Gasteiger partial charge in [0.25, 0.3) is 5.91 Å². The van der Waals surface area contributed by atoms with Crippen molar-refractivity contribution in [3.05, 3.63) is 21.9 Å². The number of rotatable bonds is 5. The quantitative estimate of drug-likeness (QED) is 0.908. The molecule has 1 unspecified atom stereocenters. The molecule has 0 radical (unpaired) electrons. The van der Waals surface area contributed by atoms with Crippen molar-refractivity contribution in [3.8, 4) is 0 Å². The molecule has 1 aromatic heterocycles. The van der Waals surface area contributed by atoms with Crippen molar-refractivity contribution in [2.45, 2.75) is 39.0 Å². The van der Waals surface area contributed by atoms with E-state index in [0.717, 1.165) is 30.7 Å². The molecule has 110 valence electrons. The molecule has 0 aromatic carbocycles. The fourth-order valence-corrected chi connectivity index (χ4v) is 3.57. The standard InChI is InChI=1S/C15H21NO3S/c1-2-12-6-7-13(20-12)15(19)16-9-3-4-11(10-16)5-8-14(17)18/h6-7,11H,2-5,8-10H2,1H3,(H,17,18). The van der Waals surface area contributed by atoms with Crippen LogP contribution in [0, 0.1) is 5.92 Å². The van der Waals surface area contributed by atoms with E-state index in [0.29, 0.717) is 18.9 Å². The van der Waals surface area contributed by atoms with E-state index in [-0.39, 0.29) is 12.3 Å². The van der Waals surface area contributed by atoms with Crippen LogP contribution in [0.15, 0.2) is 12.1 Å². The SMILES string of the molecule is CCc1ccc(C(=O)N2CCCC(CCC(=O)O)C2)s1. The highest BCUT2D eigenvalue weighted by Crippen LogP contribution is 2.25. The zero-order valence-electron chi connectivity index (χ0n) is 11.8. The summed E-state index contributed by atoms with van der Waals surface area (Å²) in [6.07, 6.45) is 3.83. The van der Waals surface area contributed by atoms with Gasteiger partial charge in [-0.25, -0.2) is 0 Å². The van der Waals surface area contributed by atoms with Crippen molar-refractivity contribution in [2.24, 2.45) is 5.92 Å². The minimum Gasteiger partial charge on any atom is -0.481 e. The third-order valence-corrected chi connectivity index (χ3v) is 5.01. The van der Waals surface area contributed by atoms with Crippen LogP contribution in [0.5, 0.6) is 0 Å². The van der Waals surface area contributed by atoms with E-state index in [9.17, 15) is 9.59 Å². The second kappa shape index (κ2) is 6.88. The number of carboxylic acids is 1. The lowest BCUT2D eigenvalue weighted by Gasteiger charge is -2.32. The lowest BCUT2D eigenvalue weighted by Crippen LogP contribution is -2.39. The van der Waals surface area contributed by atoms with Crippen LogP contribution in [0.4, 0.5) is 0 Å². The first-order chi connectivity index (χ1) is 9.60. The van der Waals surface area contributed by atoms with Gasteiger partial charge in [-0.1, -0.05) is 6.92 Å². The fourth-order valence-electron chi connectivity index (χ4n) is 2.65. The van der Waals surface area contributed by atoms with Crippen molar-refractivity contribution in [3.63, 3.8) is 0 Å². The Morgan fingerprint density at radius 3 is 2.90 bits per heavy atom. The molecular weight excluding hydrogens is 274 g/mol. The topological polar surface area (TPSA) is 57.6 Å². The Morgan fingerprint density at radius 2 is 2.25 bits per heavy atom. The number of aliphatic carboxylic acids is 1. The maximum absolute atomic E-state index is 12.4. The van der Waals surface area contributed by atoms with Crippen LogP contribution >= 0.6 is 11.3 Å². The second-order valence-electron chi connectivity index (χ2n) is 5.31. The molecule has 20 heavy (non-hydrogen) atoms. The van der Waals surface area contributed by atoms with E-state index in [1.807, 2.05) is 17.0 Å². The fraction of sp³-hybridized carbons (Fsp3) is 0.600. The average molecular weight is 295 g/mol. The third kappa shape index (κ3) is 3.82. The van der Waals surface area contributed by atoms with Gasteiger partial charge in [0.15, 0.2) is 0 Å². The predicted molar refractivity (Wildman–Crippen MR) is 79.2 cm³/mol. The molecule has 2 heterocycles. The van der Waals surface area contributed by atoms with Gasteiger partial charge in [0.1, 0.15) is 0 Å². The summed E-state index contributed by atoms with van der Waals surface area (Å²) in [5, 5.41) is 8.75. The van der Waals surface area contributed by atoms with Crippen molar-refractivity contribution in [1.29, 1.82) is 0 Å². The Labute approximate surface area is 123 Å². The molecule has 1 amide bonds. The van der Waals surface area contributed by atoms with Gasteiger partial charge >= 0.3 is 5.97 Å². The van der Waals surface area contributed by atoms with Crippen LogP contribution in [0.2, 0.25) is 0 Å². The molecule has 2 rings (SSSR count). The number of aryl methyl sites for hydroxylation is 1. The van der Waals surface area contributed by atoms with E-state index in [1.165, 1.54) is 4.88 Å². The lowest BCUT2D eigenvalue weighted by atomic mass is 9.93. The highest BCUT2D eigenvalue weighted by molar-refractivity contribution is 7.14. The van der Waals surface area contributed by atoms with E-state index in [2.05, 4.69) is 6.92 Å². The van der Waals surface area contributed by atoms with Crippen LogP contribution < -0.4 is 0 Å². The van der Waals surface area contributed by atoms with Gasteiger partial charge in [-0.15, -0.1) is 11.3 Å². The molecule has 1 aliphatic heterocycles. The minimum absolute atomic E-state index is 0.106. The molecule has 0 bridgehead atoms. The molecule has 4 nitrogen and oxygen atoms in total. The van der Waals surface area contributed by atoms with Gasteiger partial charge in [-0.05, 0) is 43.7 Å². The molecule has 0 spiro atoms. The van der Waals surface area contributed by atoms with E-state index in [4.69, 9.17) is 5.11 Å².